The lowest BCUT2D eigenvalue weighted by atomic mass is 10.1. The van der Waals surface area contributed by atoms with Crippen LogP contribution in [0, 0.1) is 0 Å². The quantitative estimate of drug-likeness (QED) is 0.805. The van der Waals surface area contributed by atoms with Gasteiger partial charge >= 0.3 is 0 Å². The summed E-state index contributed by atoms with van der Waals surface area (Å²) in [6.07, 6.45) is 6.45. The average Bonchev–Trinajstić information content (AvgIpc) is 2.76. The van der Waals surface area contributed by atoms with Gasteiger partial charge in [0.25, 0.3) is 5.91 Å². The lowest BCUT2D eigenvalue weighted by Gasteiger charge is -2.22. The minimum absolute atomic E-state index is 0.0761. The van der Waals surface area contributed by atoms with E-state index in [0.29, 0.717) is 5.69 Å². The van der Waals surface area contributed by atoms with E-state index in [-0.39, 0.29) is 11.9 Å². The van der Waals surface area contributed by atoms with Gasteiger partial charge in [0.2, 0.25) is 0 Å². The van der Waals surface area contributed by atoms with E-state index in [1.807, 2.05) is 29.8 Å². The van der Waals surface area contributed by atoms with Crippen LogP contribution in [-0.4, -0.2) is 27.7 Å². The molecular formula is C14H22N2O2. The summed E-state index contributed by atoms with van der Waals surface area (Å²) in [4.78, 5) is 12.2. The molecule has 1 aliphatic carbocycles. The van der Waals surface area contributed by atoms with Crippen molar-refractivity contribution in [1.82, 2.24) is 9.88 Å². The van der Waals surface area contributed by atoms with Crippen molar-refractivity contribution < 1.29 is 9.90 Å². The highest BCUT2D eigenvalue weighted by molar-refractivity contribution is 5.93. The van der Waals surface area contributed by atoms with Crippen molar-refractivity contribution in [2.75, 3.05) is 0 Å². The fourth-order valence-electron chi connectivity index (χ4n) is 2.59. The minimum Gasteiger partial charge on any atom is -0.391 e. The molecule has 0 bridgehead atoms. The van der Waals surface area contributed by atoms with Gasteiger partial charge in [-0.05, 0) is 31.9 Å². The number of nitrogens with one attached hydrogen (secondary N) is 1. The van der Waals surface area contributed by atoms with Crippen LogP contribution in [0.15, 0.2) is 18.3 Å². The molecule has 0 aromatic carbocycles. The second-order valence-corrected chi connectivity index (χ2v) is 4.96. The lowest BCUT2D eigenvalue weighted by Crippen LogP contribution is -2.43. The van der Waals surface area contributed by atoms with Gasteiger partial charge in [0, 0.05) is 12.7 Å². The van der Waals surface area contributed by atoms with Gasteiger partial charge in [-0.3, -0.25) is 4.79 Å². The number of aliphatic hydroxyl groups excluding tert-OH is 1. The maximum atomic E-state index is 12.2. The van der Waals surface area contributed by atoms with Gasteiger partial charge in [-0.2, -0.15) is 0 Å². The number of amides is 1. The number of aromatic nitrogens is 1. The maximum absolute atomic E-state index is 12.2. The molecule has 0 spiro atoms. The van der Waals surface area contributed by atoms with Gasteiger partial charge in [0.1, 0.15) is 5.69 Å². The first kappa shape index (κ1) is 13.1. The van der Waals surface area contributed by atoms with E-state index in [4.69, 9.17) is 0 Å². The predicted octanol–water partition coefficient (Wildman–Crippen LogP) is 1.93. The number of nitrogens with zero attached hydrogens (tertiary/aromatic N) is 1. The monoisotopic (exact) mass is 250 g/mol. The molecule has 1 saturated carbocycles. The highest BCUT2D eigenvalue weighted by Gasteiger charge is 2.24. The Labute approximate surface area is 108 Å². The third-order valence-corrected chi connectivity index (χ3v) is 3.70. The summed E-state index contributed by atoms with van der Waals surface area (Å²) in [6.45, 7) is 2.79. The van der Waals surface area contributed by atoms with Crippen LogP contribution in [0.2, 0.25) is 0 Å². The molecule has 0 aliphatic heterocycles. The summed E-state index contributed by atoms with van der Waals surface area (Å²) >= 11 is 0. The molecule has 1 fully saturated rings. The van der Waals surface area contributed by atoms with Gasteiger partial charge in [0.15, 0.2) is 0 Å². The van der Waals surface area contributed by atoms with Crippen molar-refractivity contribution in [3.05, 3.63) is 24.0 Å². The van der Waals surface area contributed by atoms with Crippen LogP contribution in [0.25, 0.3) is 0 Å². The van der Waals surface area contributed by atoms with Gasteiger partial charge < -0.3 is 15.0 Å². The van der Waals surface area contributed by atoms with Crippen LogP contribution in [0.3, 0.4) is 0 Å². The van der Waals surface area contributed by atoms with E-state index in [1.165, 1.54) is 0 Å². The molecule has 1 aliphatic rings. The zero-order valence-corrected chi connectivity index (χ0v) is 10.9. The van der Waals surface area contributed by atoms with E-state index in [2.05, 4.69) is 5.32 Å². The Hall–Kier alpha value is -1.29. The summed E-state index contributed by atoms with van der Waals surface area (Å²) in [5.74, 6) is -0.0761. The average molecular weight is 250 g/mol. The van der Waals surface area contributed by atoms with Crippen molar-refractivity contribution >= 4 is 5.91 Å². The van der Waals surface area contributed by atoms with Crippen LogP contribution in [0.4, 0.5) is 0 Å². The van der Waals surface area contributed by atoms with E-state index in [9.17, 15) is 9.90 Å². The Morgan fingerprint density at radius 3 is 3.00 bits per heavy atom. The topological polar surface area (TPSA) is 54.3 Å². The Morgan fingerprint density at radius 2 is 2.22 bits per heavy atom. The first-order valence-corrected chi connectivity index (χ1v) is 6.86. The largest absolute Gasteiger partial charge is 0.391 e. The number of hydrogen-bond donors (Lipinski definition) is 2. The molecular weight excluding hydrogens is 228 g/mol. The molecule has 4 heteroatoms. The normalized spacial score (nSPS) is 24.6. The van der Waals surface area contributed by atoms with E-state index >= 15 is 0 Å². The highest BCUT2D eigenvalue weighted by atomic mass is 16.3. The molecule has 1 aromatic rings. The molecule has 0 saturated heterocycles. The van der Waals surface area contributed by atoms with Gasteiger partial charge in [-0.15, -0.1) is 0 Å². The molecule has 2 unspecified atom stereocenters. The Kier molecular flexibility index (Phi) is 4.42. The van der Waals surface area contributed by atoms with Gasteiger partial charge in [-0.25, -0.2) is 0 Å². The van der Waals surface area contributed by atoms with Gasteiger partial charge in [0.05, 0.1) is 12.1 Å². The Bertz CT molecular complexity index is 400. The first-order chi connectivity index (χ1) is 8.72. The summed E-state index contributed by atoms with van der Waals surface area (Å²) in [5, 5.41) is 13.0. The molecule has 18 heavy (non-hydrogen) atoms. The van der Waals surface area contributed by atoms with Crippen LogP contribution in [0.5, 0.6) is 0 Å². The third-order valence-electron chi connectivity index (χ3n) is 3.70. The van der Waals surface area contributed by atoms with Crippen LogP contribution in [0.1, 0.15) is 49.5 Å². The third kappa shape index (κ3) is 2.93. The standard InChI is InChI=1S/C14H22N2O2/c1-2-16-10-6-8-12(16)14(18)15-11-7-4-3-5-9-13(11)17/h6,8,10-11,13,17H,2-5,7,9H2,1H3,(H,15,18). The number of carbonyl (C=O) groups is 1. The molecule has 2 rings (SSSR count). The van der Waals surface area contributed by atoms with Gasteiger partial charge in [-0.1, -0.05) is 19.3 Å². The van der Waals surface area contributed by atoms with Crippen LogP contribution >= 0.6 is 0 Å². The van der Waals surface area contributed by atoms with Crippen LogP contribution in [-0.2, 0) is 6.54 Å². The van der Waals surface area contributed by atoms with Crippen LogP contribution < -0.4 is 5.32 Å². The zero-order chi connectivity index (χ0) is 13.0. The van der Waals surface area contributed by atoms with E-state index in [1.54, 1.807) is 0 Å². The lowest BCUT2D eigenvalue weighted by molar-refractivity contribution is 0.0810. The number of hydrogen-bond acceptors (Lipinski definition) is 2. The SMILES string of the molecule is CCn1cccc1C(=O)NC1CCCCCC1O. The Balaban J connectivity index is 2.01. The minimum atomic E-state index is -0.401. The molecule has 2 atom stereocenters. The first-order valence-electron chi connectivity index (χ1n) is 6.86. The summed E-state index contributed by atoms with van der Waals surface area (Å²) in [5.41, 5.74) is 0.675. The maximum Gasteiger partial charge on any atom is 0.268 e. The second kappa shape index (κ2) is 6.05. The molecule has 1 amide bonds. The van der Waals surface area contributed by atoms with Crippen molar-refractivity contribution in [1.29, 1.82) is 0 Å². The van der Waals surface area contributed by atoms with Crippen molar-refractivity contribution in [3.63, 3.8) is 0 Å². The van der Waals surface area contributed by atoms with Crippen molar-refractivity contribution in [3.8, 4) is 0 Å². The highest BCUT2D eigenvalue weighted by Crippen LogP contribution is 2.18. The summed E-state index contributed by atoms with van der Waals surface area (Å²) in [7, 11) is 0. The zero-order valence-electron chi connectivity index (χ0n) is 10.9. The molecule has 4 nitrogen and oxygen atoms in total. The van der Waals surface area contributed by atoms with Crippen molar-refractivity contribution in [2.45, 2.75) is 57.7 Å². The molecule has 2 N–H and O–H groups in total. The fraction of sp³-hybridized carbons (Fsp3) is 0.643. The number of aliphatic hydroxyl groups is 1. The second-order valence-electron chi connectivity index (χ2n) is 4.96. The number of rotatable bonds is 3. The molecule has 0 radical (unpaired) electrons. The summed E-state index contributed by atoms with van der Waals surface area (Å²) in [6, 6.07) is 3.60. The van der Waals surface area contributed by atoms with E-state index < -0.39 is 6.10 Å². The predicted molar refractivity (Wildman–Crippen MR) is 70.5 cm³/mol. The van der Waals surface area contributed by atoms with E-state index in [0.717, 1.165) is 38.6 Å². The molecule has 1 aromatic heterocycles. The smallest absolute Gasteiger partial charge is 0.268 e. The summed E-state index contributed by atoms with van der Waals surface area (Å²) < 4.78 is 1.92. The Morgan fingerprint density at radius 1 is 1.44 bits per heavy atom. The fourth-order valence-corrected chi connectivity index (χ4v) is 2.59. The number of carbonyl (C=O) groups excluding carboxylic acids is 1. The molecule has 1 heterocycles. The van der Waals surface area contributed by atoms with Crippen molar-refractivity contribution in [2.24, 2.45) is 0 Å². The molecule has 100 valence electrons. The number of aryl methyl sites for hydroxylation is 1.